The zero-order chi connectivity index (χ0) is 5.98. The van der Waals surface area contributed by atoms with Gasteiger partial charge in [-0.2, -0.15) is 0 Å². The smallest absolute Gasteiger partial charge is 0.212 e. The Bertz CT molecular complexity index is 144. The van der Waals surface area contributed by atoms with Crippen molar-refractivity contribution in [3.8, 4) is 0 Å². The molecular weight excluding hydrogens is 146 g/mol. The zero-order valence-corrected chi connectivity index (χ0v) is 5.67. The third-order valence-corrected chi connectivity index (χ3v) is 2.68. The van der Waals surface area contributed by atoms with Gasteiger partial charge in [0.2, 0.25) is 11.1 Å². The van der Waals surface area contributed by atoms with Crippen LogP contribution in [0.2, 0.25) is 0 Å². The van der Waals surface area contributed by atoms with Crippen LogP contribution in [0.1, 0.15) is 0 Å². The number of aliphatic imine (C=N–C) groups is 1. The quantitative estimate of drug-likeness (QED) is 0.507. The van der Waals surface area contributed by atoms with Gasteiger partial charge in [-0.1, -0.05) is 11.8 Å². The molecule has 0 spiro atoms. The summed E-state index contributed by atoms with van der Waals surface area (Å²) in [5.41, 5.74) is 0. The SMILES string of the molecule is O=S(O)C1=NCCS1. The highest BCUT2D eigenvalue weighted by Crippen LogP contribution is 2.12. The van der Waals surface area contributed by atoms with Crippen molar-refractivity contribution in [3.05, 3.63) is 0 Å². The minimum atomic E-state index is -1.83. The standard InChI is InChI=1S/C3H5NO2S2/c5-8(6)3-4-1-2-7-3/h1-2H2,(H,5,6). The highest BCUT2D eigenvalue weighted by molar-refractivity contribution is 8.31. The van der Waals surface area contributed by atoms with E-state index in [0.717, 1.165) is 5.75 Å². The fourth-order valence-corrected chi connectivity index (χ4v) is 1.82. The summed E-state index contributed by atoms with van der Waals surface area (Å²) in [4.78, 5) is 3.76. The lowest BCUT2D eigenvalue weighted by atomic mass is 10.8. The van der Waals surface area contributed by atoms with Gasteiger partial charge >= 0.3 is 0 Å². The molecule has 1 heterocycles. The Morgan fingerprint density at radius 2 is 2.62 bits per heavy atom. The largest absolute Gasteiger partial charge is 0.301 e. The lowest BCUT2D eigenvalue weighted by Gasteiger charge is -1.85. The van der Waals surface area contributed by atoms with Gasteiger partial charge in [-0.3, -0.25) is 4.99 Å². The predicted octanol–water partition coefficient (Wildman–Crippen LogP) is 0.311. The van der Waals surface area contributed by atoms with Gasteiger partial charge < -0.3 is 4.55 Å². The highest BCUT2D eigenvalue weighted by Gasteiger charge is 2.11. The molecule has 46 valence electrons. The number of hydrogen-bond donors (Lipinski definition) is 1. The third-order valence-electron chi connectivity index (χ3n) is 0.707. The summed E-state index contributed by atoms with van der Waals surface area (Å²) in [6.45, 7) is 0.687. The first kappa shape index (κ1) is 6.25. The Morgan fingerprint density at radius 1 is 1.88 bits per heavy atom. The van der Waals surface area contributed by atoms with Crippen LogP contribution >= 0.6 is 11.8 Å². The number of rotatable bonds is 0. The van der Waals surface area contributed by atoms with Crippen LogP contribution in [0, 0.1) is 0 Å². The third kappa shape index (κ3) is 1.30. The fraction of sp³-hybridized carbons (Fsp3) is 0.667. The van der Waals surface area contributed by atoms with E-state index >= 15 is 0 Å². The van der Waals surface area contributed by atoms with E-state index in [2.05, 4.69) is 4.99 Å². The van der Waals surface area contributed by atoms with Gasteiger partial charge in [0.15, 0.2) is 4.38 Å². The molecule has 3 nitrogen and oxygen atoms in total. The van der Waals surface area contributed by atoms with Crippen molar-refractivity contribution in [1.82, 2.24) is 0 Å². The minimum absolute atomic E-state index is 0.366. The maximum Gasteiger partial charge on any atom is 0.212 e. The summed E-state index contributed by atoms with van der Waals surface area (Å²) in [5.74, 6) is 0.849. The maximum absolute atomic E-state index is 10.2. The average molecular weight is 151 g/mol. The number of hydrogen-bond acceptors (Lipinski definition) is 3. The Kier molecular flexibility index (Phi) is 2.04. The summed E-state index contributed by atoms with van der Waals surface area (Å²) in [5, 5.41) is 0. The molecule has 0 fully saturated rings. The van der Waals surface area contributed by atoms with E-state index in [1.807, 2.05) is 0 Å². The van der Waals surface area contributed by atoms with Crippen molar-refractivity contribution in [3.63, 3.8) is 0 Å². The van der Waals surface area contributed by atoms with Crippen molar-refractivity contribution < 1.29 is 8.76 Å². The number of nitrogens with zero attached hydrogens (tertiary/aromatic N) is 1. The Morgan fingerprint density at radius 3 is 2.88 bits per heavy atom. The van der Waals surface area contributed by atoms with Crippen LogP contribution in [0.15, 0.2) is 4.99 Å². The van der Waals surface area contributed by atoms with Gasteiger partial charge in [0.25, 0.3) is 0 Å². The molecule has 0 aromatic heterocycles. The molecular formula is C3H5NO2S2. The summed E-state index contributed by atoms with van der Waals surface area (Å²) in [6, 6.07) is 0. The lowest BCUT2D eigenvalue weighted by molar-refractivity contribution is 0.578. The second-order valence-corrected chi connectivity index (χ2v) is 3.47. The van der Waals surface area contributed by atoms with Crippen LogP contribution in [-0.4, -0.2) is 25.4 Å². The zero-order valence-electron chi connectivity index (χ0n) is 4.03. The fourth-order valence-electron chi connectivity index (χ4n) is 0.421. The van der Waals surface area contributed by atoms with Crippen LogP contribution in [0.3, 0.4) is 0 Å². The van der Waals surface area contributed by atoms with E-state index < -0.39 is 11.1 Å². The summed E-state index contributed by atoms with van der Waals surface area (Å²) in [6.07, 6.45) is 0. The van der Waals surface area contributed by atoms with Crippen molar-refractivity contribution in [2.24, 2.45) is 4.99 Å². The lowest BCUT2D eigenvalue weighted by Crippen LogP contribution is -1.96. The van der Waals surface area contributed by atoms with Crippen LogP contribution in [0.5, 0.6) is 0 Å². The van der Waals surface area contributed by atoms with Crippen LogP contribution in [0.4, 0.5) is 0 Å². The minimum Gasteiger partial charge on any atom is -0.301 e. The van der Waals surface area contributed by atoms with Crippen LogP contribution < -0.4 is 0 Å². The molecule has 1 atom stereocenters. The van der Waals surface area contributed by atoms with E-state index in [-0.39, 0.29) is 0 Å². The predicted molar refractivity (Wildman–Crippen MR) is 35.5 cm³/mol. The van der Waals surface area contributed by atoms with E-state index in [1.165, 1.54) is 11.8 Å². The topological polar surface area (TPSA) is 49.7 Å². The Balaban J connectivity index is 2.57. The molecule has 0 aromatic rings. The van der Waals surface area contributed by atoms with Crippen molar-refractivity contribution >= 4 is 27.2 Å². The molecule has 0 bridgehead atoms. The average Bonchev–Trinajstić information content (AvgIpc) is 2.12. The molecule has 0 saturated heterocycles. The second-order valence-electron chi connectivity index (χ2n) is 1.25. The Hall–Kier alpha value is 0.130. The molecule has 8 heavy (non-hydrogen) atoms. The molecule has 1 unspecified atom stereocenters. The normalized spacial score (nSPS) is 22.9. The summed E-state index contributed by atoms with van der Waals surface area (Å²) < 4.78 is 18.9. The monoisotopic (exact) mass is 151 g/mol. The summed E-state index contributed by atoms with van der Waals surface area (Å²) in [7, 11) is 0. The molecule has 1 aliphatic heterocycles. The van der Waals surface area contributed by atoms with E-state index in [1.54, 1.807) is 0 Å². The van der Waals surface area contributed by atoms with Crippen molar-refractivity contribution in [2.75, 3.05) is 12.3 Å². The molecule has 1 N–H and O–H groups in total. The van der Waals surface area contributed by atoms with Crippen molar-refractivity contribution in [2.45, 2.75) is 0 Å². The number of thioether (sulfide) groups is 1. The maximum atomic E-state index is 10.2. The highest BCUT2D eigenvalue weighted by atomic mass is 32.2. The van der Waals surface area contributed by atoms with Gasteiger partial charge in [-0.05, 0) is 0 Å². The molecule has 0 aromatic carbocycles. The first-order valence-electron chi connectivity index (χ1n) is 2.09. The molecule has 5 heteroatoms. The first-order chi connectivity index (χ1) is 3.80. The Labute approximate surface area is 53.9 Å². The molecule has 1 rings (SSSR count). The van der Waals surface area contributed by atoms with Gasteiger partial charge in [-0.25, -0.2) is 4.21 Å². The molecule has 1 aliphatic rings. The van der Waals surface area contributed by atoms with Gasteiger partial charge in [0.1, 0.15) is 0 Å². The first-order valence-corrected chi connectivity index (χ1v) is 4.18. The molecule has 0 amide bonds. The van der Waals surface area contributed by atoms with E-state index in [4.69, 9.17) is 4.55 Å². The van der Waals surface area contributed by atoms with Crippen LogP contribution in [0.25, 0.3) is 0 Å². The van der Waals surface area contributed by atoms with Crippen molar-refractivity contribution in [1.29, 1.82) is 0 Å². The second kappa shape index (κ2) is 2.61. The molecule has 0 radical (unpaired) electrons. The van der Waals surface area contributed by atoms with Gasteiger partial charge in [0, 0.05) is 5.75 Å². The molecule has 0 saturated carbocycles. The van der Waals surface area contributed by atoms with E-state index in [9.17, 15) is 4.21 Å². The summed E-state index contributed by atoms with van der Waals surface area (Å²) >= 11 is -0.478. The van der Waals surface area contributed by atoms with Gasteiger partial charge in [0.05, 0.1) is 6.54 Å². The van der Waals surface area contributed by atoms with E-state index in [0.29, 0.717) is 10.9 Å². The molecule has 0 aliphatic carbocycles. The van der Waals surface area contributed by atoms with Gasteiger partial charge in [-0.15, -0.1) is 0 Å². The van der Waals surface area contributed by atoms with Crippen LogP contribution in [-0.2, 0) is 11.1 Å².